The highest BCUT2D eigenvalue weighted by molar-refractivity contribution is 7.47. The number of ether oxygens (including phenoxy) is 4. The predicted molar refractivity (Wildman–Crippen MR) is 386 cm³/mol. The predicted octanol–water partition coefficient (Wildman–Crippen LogP) is 22.5. The first-order valence-electron chi connectivity index (χ1n) is 39.6. The van der Waals surface area contributed by atoms with Crippen LogP contribution in [0.15, 0.2) is 0 Å². The number of esters is 4. The van der Waals surface area contributed by atoms with Crippen LogP contribution in [0.25, 0.3) is 0 Å². The molecule has 19 heteroatoms. The van der Waals surface area contributed by atoms with Gasteiger partial charge in [0.05, 0.1) is 26.4 Å². The molecule has 0 aromatic rings. The minimum Gasteiger partial charge on any atom is -0.462 e. The number of hydrogen-bond acceptors (Lipinski definition) is 15. The lowest BCUT2D eigenvalue weighted by atomic mass is 10.0. The SMILES string of the molecule is CCCCCCCCCCCCCCCCCCCCCC(=O)O[C@H](COC(=O)CCCCCCCCCCCCCCCCCCCC)COP(=O)(O)OC[C@@H](O)COP(=O)(O)OC[C@@H](COC(=O)CCCCCCCCC)OC(=O)CCCCCCCCCCC(C)C. The molecule has 0 aliphatic rings. The van der Waals surface area contributed by atoms with E-state index in [-0.39, 0.29) is 25.7 Å². The van der Waals surface area contributed by atoms with Crippen LogP contribution in [0.3, 0.4) is 0 Å². The molecule has 3 N–H and O–H groups in total. The maximum absolute atomic E-state index is 13.1. The van der Waals surface area contributed by atoms with E-state index in [1.807, 2.05) is 0 Å². The monoisotopic (exact) mass is 1400 g/mol. The molecule has 95 heavy (non-hydrogen) atoms. The van der Waals surface area contributed by atoms with Crippen molar-refractivity contribution in [2.45, 2.75) is 419 Å². The van der Waals surface area contributed by atoms with E-state index < -0.39 is 97.5 Å². The molecule has 0 aromatic heterocycles. The van der Waals surface area contributed by atoms with Crippen LogP contribution in [-0.2, 0) is 65.4 Å². The van der Waals surface area contributed by atoms with Crippen LogP contribution in [0, 0.1) is 5.92 Å². The molecule has 0 aliphatic heterocycles. The van der Waals surface area contributed by atoms with E-state index in [0.717, 1.165) is 109 Å². The third-order valence-corrected chi connectivity index (χ3v) is 19.7. The lowest BCUT2D eigenvalue weighted by Gasteiger charge is -2.21. The summed E-state index contributed by atoms with van der Waals surface area (Å²) in [5, 5.41) is 10.6. The van der Waals surface area contributed by atoms with Gasteiger partial charge in [-0.1, -0.05) is 349 Å². The average Bonchev–Trinajstić information content (AvgIpc) is 1.76. The van der Waals surface area contributed by atoms with Gasteiger partial charge in [0.15, 0.2) is 12.2 Å². The number of phosphoric ester groups is 2. The van der Waals surface area contributed by atoms with Gasteiger partial charge in [0.1, 0.15) is 19.3 Å². The van der Waals surface area contributed by atoms with Gasteiger partial charge in [0.2, 0.25) is 0 Å². The van der Waals surface area contributed by atoms with Gasteiger partial charge in [-0.05, 0) is 31.6 Å². The zero-order valence-corrected chi connectivity index (χ0v) is 63.6. The summed E-state index contributed by atoms with van der Waals surface area (Å²) in [5.74, 6) is -1.40. The molecule has 0 saturated heterocycles. The van der Waals surface area contributed by atoms with Crippen molar-refractivity contribution in [3.05, 3.63) is 0 Å². The van der Waals surface area contributed by atoms with Crippen molar-refractivity contribution in [3.63, 3.8) is 0 Å². The van der Waals surface area contributed by atoms with Gasteiger partial charge in [-0.15, -0.1) is 0 Å². The Balaban J connectivity index is 5.17. The topological polar surface area (TPSA) is 237 Å². The van der Waals surface area contributed by atoms with Crippen molar-refractivity contribution in [2.75, 3.05) is 39.6 Å². The minimum absolute atomic E-state index is 0.105. The Hall–Kier alpha value is -1.94. The summed E-state index contributed by atoms with van der Waals surface area (Å²) in [6.07, 6.45) is 58.6. The summed E-state index contributed by atoms with van der Waals surface area (Å²) in [6.45, 7) is 7.21. The van der Waals surface area contributed by atoms with Crippen LogP contribution in [0.5, 0.6) is 0 Å². The first-order valence-corrected chi connectivity index (χ1v) is 42.6. The Morgan fingerprint density at radius 3 is 0.716 bits per heavy atom. The van der Waals surface area contributed by atoms with E-state index >= 15 is 0 Å². The molecule has 0 fully saturated rings. The van der Waals surface area contributed by atoms with E-state index in [9.17, 15) is 43.2 Å². The highest BCUT2D eigenvalue weighted by Gasteiger charge is 2.30. The molecular formula is C76H148O17P2. The molecule has 0 radical (unpaired) electrons. The van der Waals surface area contributed by atoms with E-state index in [2.05, 4.69) is 34.6 Å². The second-order valence-electron chi connectivity index (χ2n) is 27.9. The van der Waals surface area contributed by atoms with Gasteiger partial charge < -0.3 is 33.8 Å². The van der Waals surface area contributed by atoms with Crippen molar-refractivity contribution in [2.24, 2.45) is 5.92 Å². The van der Waals surface area contributed by atoms with Gasteiger partial charge >= 0.3 is 39.5 Å². The van der Waals surface area contributed by atoms with Gasteiger partial charge in [-0.3, -0.25) is 37.3 Å². The zero-order valence-electron chi connectivity index (χ0n) is 61.8. The van der Waals surface area contributed by atoms with Crippen LogP contribution in [-0.4, -0.2) is 96.7 Å². The Morgan fingerprint density at radius 1 is 0.284 bits per heavy atom. The lowest BCUT2D eigenvalue weighted by molar-refractivity contribution is -0.161. The zero-order chi connectivity index (χ0) is 69.8. The third kappa shape index (κ3) is 70.3. The summed E-state index contributed by atoms with van der Waals surface area (Å²) in [6, 6.07) is 0. The standard InChI is InChI=1S/C76H148O17P2/c1-6-9-12-15-18-20-22-24-26-28-30-32-34-36-38-40-46-51-56-61-75(80)92-72(66-87-74(79)60-55-50-45-39-37-35-33-31-29-27-25-23-21-19-16-13-10-7-2)68-91-95(84,85)89-64-70(77)63-88-94(82,83)90-67-71(65-86-73(78)59-54-49-43-17-14-11-8-3)93-76(81)62-57-52-47-42-41-44-48-53-58-69(4)5/h69-72,77H,6-68H2,1-5H3,(H,82,83)(H,84,85)/t70-,71+,72+/m0/s1. The molecule has 0 saturated carbocycles. The lowest BCUT2D eigenvalue weighted by Crippen LogP contribution is -2.30. The number of unbranched alkanes of at least 4 members (excludes halogenated alkanes) is 48. The van der Waals surface area contributed by atoms with E-state index in [1.165, 1.54) is 212 Å². The van der Waals surface area contributed by atoms with Crippen molar-refractivity contribution in [1.82, 2.24) is 0 Å². The fourth-order valence-corrected chi connectivity index (χ4v) is 13.3. The Bertz CT molecular complexity index is 1820. The maximum Gasteiger partial charge on any atom is 0.472 e. The largest absolute Gasteiger partial charge is 0.472 e. The molecule has 17 nitrogen and oxygen atoms in total. The Morgan fingerprint density at radius 2 is 0.484 bits per heavy atom. The van der Waals surface area contributed by atoms with Crippen LogP contribution in [0.1, 0.15) is 401 Å². The van der Waals surface area contributed by atoms with Gasteiger partial charge in [0, 0.05) is 25.7 Å². The number of carbonyl (C=O) groups excluding carboxylic acids is 4. The number of rotatable bonds is 76. The quantitative estimate of drug-likeness (QED) is 0.0222. The first-order chi connectivity index (χ1) is 46.0. The number of aliphatic hydroxyl groups excluding tert-OH is 1. The molecule has 0 spiro atoms. The normalized spacial score (nSPS) is 13.9. The molecule has 0 bridgehead atoms. The fourth-order valence-electron chi connectivity index (χ4n) is 11.7. The molecule has 0 amide bonds. The summed E-state index contributed by atoms with van der Waals surface area (Å²) in [4.78, 5) is 72.6. The van der Waals surface area contributed by atoms with E-state index in [1.54, 1.807) is 0 Å². The number of phosphoric acid groups is 2. The Labute approximate surface area is 581 Å². The molecular weight excluding hydrogens is 1250 g/mol. The van der Waals surface area contributed by atoms with Crippen molar-refractivity contribution >= 4 is 39.5 Å². The molecule has 0 aliphatic carbocycles. The van der Waals surface area contributed by atoms with Crippen molar-refractivity contribution in [3.8, 4) is 0 Å². The maximum atomic E-state index is 13.1. The second kappa shape index (κ2) is 69.2. The molecule has 564 valence electrons. The van der Waals surface area contributed by atoms with Gasteiger partial charge in [0.25, 0.3) is 0 Å². The van der Waals surface area contributed by atoms with Crippen LogP contribution >= 0.6 is 15.6 Å². The van der Waals surface area contributed by atoms with E-state index in [4.69, 9.17) is 37.0 Å². The fraction of sp³-hybridized carbons (Fsp3) is 0.947. The Kier molecular flexibility index (Phi) is 67.7. The third-order valence-electron chi connectivity index (χ3n) is 17.8. The molecule has 0 rings (SSSR count). The van der Waals surface area contributed by atoms with Crippen LogP contribution in [0.4, 0.5) is 0 Å². The number of carbonyl (C=O) groups is 4. The van der Waals surface area contributed by atoms with Gasteiger partial charge in [-0.25, -0.2) is 9.13 Å². The summed E-state index contributed by atoms with van der Waals surface area (Å²) in [7, 11) is -9.90. The molecule has 0 aromatic carbocycles. The average molecular weight is 1400 g/mol. The van der Waals surface area contributed by atoms with E-state index in [0.29, 0.717) is 25.7 Å². The number of aliphatic hydroxyl groups is 1. The van der Waals surface area contributed by atoms with Crippen LogP contribution < -0.4 is 0 Å². The number of hydrogen-bond donors (Lipinski definition) is 3. The molecule has 0 heterocycles. The smallest absolute Gasteiger partial charge is 0.462 e. The minimum atomic E-state index is -4.96. The second-order valence-corrected chi connectivity index (χ2v) is 30.8. The highest BCUT2D eigenvalue weighted by Crippen LogP contribution is 2.45. The van der Waals surface area contributed by atoms with Crippen molar-refractivity contribution in [1.29, 1.82) is 0 Å². The highest BCUT2D eigenvalue weighted by atomic mass is 31.2. The summed E-state index contributed by atoms with van der Waals surface area (Å²) < 4.78 is 68.4. The summed E-state index contributed by atoms with van der Waals surface area (Å²) >= 11 is 0. The molecule has 2 unspecified atom stereocenters. The van der Waals surface area contributed by atoms with Gasteiger partial charge in [-0.2, -0.15) is 0 Å². The summed E-state index contributed by atoms with van der Waals surface area (Å²) in [5.41, 5.74) is 0. The van der Waals surface area contributed by atoms with Crippen LogP contribution in [0.2, 0.25) is 0 Å². The first kappa shape index (κ1) is 93.1. The molecule has 5 atom stereocenters. The van der Waals surface area contributed by atoms with Crippen molar-refractivity contribution < 1.29 is 80.2 Å².